The van der Waals surface area contributed by atoms with Gasteiger partial charge >= 0.3 is 5.97 Å². The van der Waals surface area contributed by atoms with Gasteiger partial charge in [0.05, 0.1) is 25.2 Å². The van der Waals surface area contributed by atoms with Gasteiger partial charge in [0.1, 0.15) is 0 Å². The molecule has 0 saturated carbocycles. The number of hydrogen-bond donors (Lipinski definition) is 2. The number of carbonyl (C=O) groups is 1. The molecule has 0 saturated heterocycles. The summed E-state index contributed by atoms with van der Waals surface area (Å²) >= 11 is 0. The molecule has 0 rings (SSSR count). The van der Waals surface area contributed by atoms with Crippen molar-refractivity contribution >= 4 is 5.97 Å². The minimum Gasteiger partial charge on any atom is -0.466 e. The third kappa shape index (κ3) is 13.6. The number of rotatable bonds is 12. The minimum atomic E-state index is -0.589. The van der Waals surface area contributed by atoms with Gasteiger partial charge in [-0.2, -0.15) is 0 Å². The molecule has 2 atom stereocenters. The maximum atomic E-state index is 11.1. The molecular weight excluding hydrogens is 256 g/mol. The van der Waals surface area contributed by atoms with Crippen molar-refractivity contribution in [1.29, 1.82) is 0 Å². The summed E-state index contributed by atoms with van der Waals surface area (Å²) in [4.78, 5) is 11.1. The lowest BCUT2D eigenvalue weighted by atomic mass is 10.1. The van der Waals surface area contributed by atoms with Gasteiger partial charge in [-0.15, -0.1) is 0 Å². The third-order valence-electron chi connectivity index (χ3n) is 3.03. The Morgan fingerprint density at radius 2 is 1.75 bits per heavy atom. The largest absolute Gasteiger partial charge is 0.466 e. The number of allylic oxidation sites excluding steroid dienone is 2. The van der Waals surface area contributed by atoms with Crippen LogP contribution in [0.25, 0.3) is 0 Å². The predicted molar refractivity (Wildman–Crippen MR) is 80.4 cm³/mol. The molecule has 4 heteroatoms. The lowest BCUT2D eigenvalue weighted by Crippen LogP contribution is -2.15. The normalized spacial score (nSPS) is 14.4. The Hall–Kier alpha value is -0.870. The Morgan fingerprint density at radius 1 is 1.10 bits per heavy atom. The molecule has 118 valence electrons. The number of aliphatic hydroxyl groups is 2. The summed E-state index contributed by atoms with van der Waals surface area (Å²) in [6.45, 7) is 3.94. The molecule has 0 aliphatic rings. The summed E-state index contributed by atoms with van der Waals surface area (Å²) < 4.78 is 4.78. The van der Waals surface area contributed by atoms with Crippen molar-refractivity contribution < 1.29 is 19.7 Å². The molecule has 0 radical (unpaired) electrons. The van der Waals surface area contributed by atoms with E-state index in [0.717, 1.165) is 38.5 Å². The molecule has 2 unspecified atom stereocenters. The summed E-state index contributed by atoms with van der Waals surface area (Å²) in [6, 6.07) is 0. The van der Waals surface area contributed by atoms with E-state index >= 15 is 0 Å². The Balaban J connectivity index is 3.39. The zero-order valence-electron chi connectivity index (χ0n) is 12.9. The fraction of sp³-hybridized carbons (Fsp3) is 0.812. The van der Waals surface area contributed by atoms with Crippen LogP contribution in [-0.4, -0.2) is 35.0 Å². The van der Waals surface area contributed by atoms with Crippen LogP contribution in [0.4, 0.5) is 0 Å². The van der Waals surface area contributed by atoms with Gasteiger partial charge in [0, 0.05) is 0 Å². The van der Waals surface area contributed by atoms with Crippen molar-refractivity contribution in [2.45, 2.75) is 77.4 Å². The van der Waals surface area contributed by atoms with Crippen LogP contribution in [0, 0.1) is 0 Å². The summed E-state index contributed by atoms with van der Waals surface area (Å²) in [5.41, 5.74) is 0. The fourth-order valence-electron chi connectivity index (χ4n) is 1.92. The second-order valence-electron chi connectivity index (χ2n) is 5.20. The first-order chi connectivity index (χ1) is 9.56. The van der Waals surface area contributed by atoms with Gasteiger partial charge in [-0.3, -0.25) is 4.79 Å². The average Bonchev–Trinajstić information content (AvgIpc) is 2.36. The summed E-state index contributed by atoms with van der Waals surface area (Å²) in [5.74, 6) is -0.325. The highest BCUT2D eigenvalue weighted by Crippen LogP contribution is 2.08. The molecule has 0 aliphatic carbocycles. The zero-order valence-corrected chi connectivity index (χ0v) is 12.9. The highest BCUT2D eigenvalue weighted by atomic mass is 16.5. The second-order valence-corrected chi connectivity index (χ2v) is 5.20. The highest BCUT2D eigenvalue weighted by Gasteiger charge is 2.10. The van der Waals surface area contributed by atoms with Crippen LogP contribution in [0.3, 0.4) is 0 Å². The van der Waals surface area contributed by atoms with E-state index in [0.29, 0.717) is 13.0 Å². The molecule has 0 bridgehead atoms. The Bertz CT molecular complexity index is 261. The Morgan fingerprint density at radius 3 is 2.35 bits per heavy atom. The van der Waals surface area contributed by atoms with Crippen LogP contribution in [0.15, 0.2) is 12.2 Å². The zero-order chi connectivity index (χ0) is 15.2. The van der Waals surface area contributed by atoms with Crippen LogP contribution >= 0.6 is 0 Å². The maximum absolute atomic E-state index is 11.1. The van der Waals surface area contributed by atoms with Crippen molar-refractivity contribution in [2.24, 2.45) is 0 Å². The first kappa shape index (κ1) is 19.1. The molecule has 2 N–H and O–H groups in total. The highest BCUT2D eigenvalue weighted by molar-refractivity contribution is 5.69. The molecule has 20 heavy (non-hydrogen) atoms. The lowest BCUT2D eigenvalue weighted by molar-refractivity contribution is -0.145. The number of ether oxygens (including phenoxy) is 1. The van der Waals surface area contributed by atoms with Crippen LogP contribution in [0.2, 0.25) is 0 Å². The summed E-state index contributed by atoms with van der Waals surface area (Å²) in [5, 5.41) is 18.7. The van der Waals surface area contributed by atoms with Gasteiger partial charge in [0.2, 0.25) is 0 Å². The molecule has 0 aromatic heterocycles. The van der Waals surface area contributed by atoms with Gasteiger partial charge in [0.25, 0.3) is 0 Å². The summed E-state index contributed by atoms with van der Waals surface area (Å²) in [6.07, 6.45) is 10.1. The second kappa shape index (κ2) is 13.1. The van der Waals surface area contributed by atoms with E-state index in [1.54, 1.807) is 6.92 Å². The van der Waals surface area contributed by atoms with E-state index in [9.17, 15) is 9.90 Å². The van der Waals surface area contributed by atoms with Crippen LogP contribution in [0.5, 0.6) is 0 Å². The number of aliphatic hydroxyl groups excluding tert-OH is 2. The van der Waals surface area contributed by atoms with Gasteiger partial charge in [-0.1, -0.05) is 18.6 Å². The monoisotopic (exact) mass is 286 g/mol. The van der Waals surface area contributed by atoms with Crippen LogP contribution < -0.4 is 0 Å². The van der Waals surface area contributed by atoms with E-state index in [-0.39, 0.29) is 18.5 Å². The van der Waals surface area contributed by atoms with Gasteiger partial charge in [-0.05, 0) is 52.4 Å². The van der Waals surface area contributed by atoms with E-state index in [1.807, 2.05) is 6.92 Å². The Labute approximate surface area is 122 Å². The van der Waals surface area contributed by atoms with Crippen LogP contribution in [-0.2, 0) is 9.53 Å². The lowest BCUT2D eigenvalue weighted by Gasteiger charge is -2.08. The van der Waals surface area contributed by atoms with E-state index in [4.69, 9.17) is 9.84 Å². The van der Waals surface area contributed by atoms with Crippen molar-refractivity contribution in [3.8, 4) is 0 Å². The van der Waals surface area contributed by atoms with Gasteiger partial charge < -0.3 is 14.9 Å². The number of esters is 1. The molecule has 0 heterocycles. The van der Waals surface area contributed by atoms with Crippen molar-refractivity contribution in [1.82, 2.24) is 0 Å². The first-order valence-electron chi connectivity index (χ1n) is 7.73. The predicted octanol–water partition coefficient (Wildman–Crippen LogP) is 2.97. The number of carbonyl (C=O) groups excluding carboxylic acids is 1. The number of hydrogen-bond acceptors (Lipinski definition) is 4. The number of unbranched alkanes of at least 4 members (excludes halogenated alkanes) is 3. The van der Waals surface area contributed by atoms with Crippen molar-refractivity contribution in [2.75, 3.05) is 6.61 Å². The van der Waals surface area contributed by atoms with Crippen LogP contribution in [0.1, 0.15) is 65.2 Å². The van der Waals surface area contributed by atoms with E-state index in [2.05, 4.69) is 12.2 Å². The molecule has 4 nitrogen and oxygen atoms in total. The molecule has 0 aromatic carbocycles. The maximum Gasteiger partial charge on any atom is 0.308 e. The van der Waals surface area contributed by atoms with Crippen molar-refractivity contribution in [3.05, 3.63) is 12.2 Å². The van der Waals surface area contributed by atoms with Gasteiger partial charge in [-0.25, -0.2) is 0 Å². The Kier molecular flexibility index (Phi) is 12.6. The van der Waals surface area contributed by atoms with E-state index in [1.165, 1.54) is 0 Å². The average molecular weight is 286 g/mol. The summed E-state index contributed by atoms with van der Waals surface area (Å²) in [7, 11) is 0. The molecule has 0 aromatic rings. The minimum absolute atomic E-state index is 0.0941. The fourth-order valence-corrected chi connectivity index (χ4v) is 1.92. The van der Waals surface area contributed by atoms with Crippen molar-refractivity contribution in [3.63, 3.8) is 0 Å². The van der Waals surface area contributed by atoms with Gasteiger partial charge in [0.15, 0.2) is 0 Å². The molecular formula is C16H30O4. The molecule has 0 aliphatic heterocycles. The van der Waals surface area contributed by atoms with E-state index < -0.39 is 6.10 Å². The quantitative estimate of drug-likeness (QED) is 0.329. The smallest absolute Gasteiger partial charge is 0.308 e. The third-order valence-corrected chi connectivity index (χ3v) is 3.03. The molecule has 0 spiro atoms. The standard InChI is InChI=1S/C16H30O4/c1-3-20-16(19)13-15(18)12-10-8-6-4-5-7-9-11-14(2)17/h4,6,14-15,17-18H,3,5,7-13H2,1-2H3/b6-4-. The molecule has 0 fully saturated rings. The topological polar surface area (TPSA) is 66.8 Å². The molecule has 0 amide bonds. The SMILES string of the molecule is CCOC(=O)CC(O)CCC/C=C\CCCCC(C)O. The first-order valence-corrected chi connectivity index (χ1v) is 7.73.